The Labute approximate surface area is 92.5 Å². The lowest BCUT2D eigenvalue weighted by molar-refractivity contribution is -0.137. The Morgan fingerprint density at radius 2 is 2.07 bits per heavy atom. The Kier molecular flexibility index (Phi) is 5.69. The third kappa shape index (κ3) is 5.17. The predicted molar refractivity (Wildman–Crippen MR) is 61.0 cm³/mol. The molecule has 3 heteroatoms. The van der Waals surface area contributed by atoms with Gasteiger partial charge in [-0.2, -0.15) is 0 Å². The number of hydrogen-bond donors (Lipinski definition) is 1. The summed E-state index contributed by atoms with van der Waals surface area (Å²) in [6.07, 6.45) is 7.33. The number of carboxylic acids is 1. The fourth-order valence-electron chi connectivity index (χ4n) is 2.27. The molecule has 15 heavy (non-hydrogen) atoms. The molecule has 0 aromatic carbocycles. The van der Waals surface area contributed by atoms with Crippen molar-refractivity contribution >= 4 is 5.97 Å². The van der Waals surface area contributed by atoms with Gasteiger partial charge in [-0.1, -0.05) is 12.8 Å². The van der Waals surface area contributed by atoms with Crippen molar-refractivity contribution in [3.8, 4) is 0 Å². The molecule has 0 amide bonds. The molecule has 1 N–H and O–H groups in total. The van der Waals surface area contributed by atoms with E-state index in [4.69, 9.17) is 5.11 Å². The Morgan fingerprint density at radius 3 is 2.67 bits per heavy atom. The molecular weight excluding hydrogens is 190 g/mol. The molecule has 0 radical (unpaired) electrons. The number of carboxylic acid groups (broad SMARTS) is 1. The normalized spacial score (nSPS) is 22.1. The number of unbranched alkanes of at least 4 members (excludes halogenated alkanes) is 3. The monoisotopic (exact) mass is 213 g/mol. The second kappa shape index (κ2) is 6.83. The maximum absolute atomic E-state index is 10.3. The standard InChI is InChI=1S/C12H23NO2/c1-11-7-6-10-13(11)9-5-3-2-4-8-12(14)15/h11H,2-10H2,1H3,(H,14,15). The lowest BCUT2D eigenvalue weighted by atomic mass is 10.1. The molecule has 0 bridgehead atoms. The molecule has 0 spiro atoms. The number of aliphatic carboxylic acids is 1. The van der Waals surface area contributed by atoms with E-state index in [0.717, 1.165) is 18.9 Å². The molecule has 0 saturated carbocycles. The summed E-state index contributed by atoms with van der Waals surface area (Å²) in [5.41, 5.74) is 0. The zero-order valence-electron chi connectivity index (χ0n) is 9.74. The first-order valence-electron chi connectivity index (χ1n) is 6.16. The molecule has 1 aliphatic rings. The Balaban J connectivity index is 1.90. The molecule has 0 aliphatic carbocycles. The van der Waals surface area contributed by atoms with Crippen LogP contribution >= 0.6 is 0 Å². The first kappa shape index (κ1) is 12.5. The van der Waals surface area contributed by atoms with Crippen LogP contribution < -0.4 is 0 Å². The van der Waals surface area contributed by atoms with E-state index in [0.29, 0.717) is 6.42 Å². The lowest BCUT2D eigenvalue weighted by Gasteiger charge is -2.20. The van der Waals surface area contributed by atoms with Gasteiger partial charge in [0.2, 0.25) is 0 Å². The maximum atomic E-state index is 10.3. The molecule has 1 rings (SSSR count). The van der Waals surface area contributed by atoms with E-state index in [9.17, 15) is 4.79 Å². The number of nitrogens with zero attached hydrogens (tertiary/aromatic N) is 1. The third-order valence-corrected chi connectivity index (χ3v) is 3.28. The Morgan fingerprint density at radius 1 is 1.33 bits per heavy atom. The number of carbonyl (C=O) groups is 1. The highest BCUT2D eigenvalue weighted by Gasteiger charge is 2.18. The van der Waals surface area contributed by atoms with Crippen LogP contribution in [0.5, 0.6) is 0 Å². The third-order valence-electron chi connectivity index (χ3n) is 3.28. The molecule has 88 valence electrons. The first-order valence-corrected chi connectivity index (χ1v) is 6.16. The van der Waals surface area contributed by atoms with Gasteiger partial charge in [-0.3, -0.25) is 4.79 Å². The summed E-state index contributed by atoms with van der Waals surface area (Å²) in [6, 6.07) is 0.768. The average molecular weight is 213 g/mol. The van der Waals surface area contributed by atoms with Gasteiger partial charge in [0.15, 0.2) is 0 Å². The van der Waals surface area contributed by atoms with Crippen molar-refractivity contribution in [2.24, 2.45) is 0 Å². The largest absolute Gasteiger partial charge is 0.481 e. The predicted octanol–water partition coefficient (Wildman–Crippen LogP) is 2.51. The van der Waals surface area contributed by atoms with Gasteiger partial charge in [0, 0.05) is 12.5 Å². The van der Waals surface area contributed by atoms with Crippen LogP contribution in [0.3, 0.4) is 0 Å². The van der Waals surface area contributed by atoms with Crippen LogP contribution in [-0.2, 0) is 4.79 Å². The topological polar surface area (TPSA) is 40.5 Å². The summed E-state index contributed by atoms with van der Waals surface area (Å²) in [4.78, 5) is 12.8. The second-order valence-corrected chi connectivity index (χ2v) is 4.59. The van der Waals surface area contributed by atoms with Gasteiger partial charge >= 0.3 is 5.97 Å². The van der Waals surface area contributed by atoms with Crippen LogP contribution in [0.15, 0.2) is 0 Å². The molecule has 1 fully saturated rings. The minimum atomic E-state index is -0.664. The minimum Gasteiger partial charge on any atom is -0.481 e. The van der Waals surface area contributed by atoms with Crippen LogP contribution in [0.1, 0.15) is 51.9 Å². The van der Waals surface area contributed by atoms with Gasteiger partial charge in [0.1, 0.15) is 0 Å². The highest BCUT2D eigenvalue weighted by atomic mass is 16.4. The van der Waals surface area contributed by atoms with E-state index in [1.165, 1.54) is 38.8 Å². The van der Waals surface area contributed by atoms with Crippen molar-refractivity contribution < 1.29 is 9.90 Å². The number of hydrogen-bond acceptors (Lipinski definition) is 2. The summed E-state index contributed by atoms with van der Waals surface area (Å²) < 4.78 is 0. The van der Waals surface area contributed by atoms with Crippen molar-refractivity contribution in [2.45, 2.75) is 57.9 Å². The molecule has 0 aromatic heterocycles. The van der Waals surface area contributed by atoms with Gasteiger partial charge in [0.05, 0.1) is 0 Å². The van der Waals surface area contributed by atoms with E-state index in [-0.39, 0.29) is 0 Å². The van der Waals surface area contributed by atoms with E-state index in [1.54, 1.807) is 0 Å². The molecule has 1 heterocycles. The van der Waals surface area contributed by atoms with Gasteiger partial charge in [-0.05, 0) is 45.7 Å². The van der Waals surface area contributed by atoms with Crippen molar-refractivity contribution in [3.63, 3.8) is 0 Å². The van der Waals surface area contributed by atoms with Crippen LogP contribution in [-0.4, -0.2) is 35.1 Å². The highest BCUT2D eigenvalue weighted by Crippen LogP contribution is 2.17. The molecular formula is C12H23NO2. The molecule has 1 unspecified atom stereocenters. The van der Waals surface area contributed by atoms with Gasteiger partial charge in [-0.15, -0.1) is 0 Å². The quantitative estimate of drug-likeness (QED) is 0.661. The van der Waals surface area contributed by atoms with E-state index >= 15 is 0 Å². The summed E-state index contributed by atoms with van der Waals surface area (Å²) in [5.74, 6) is -0.664. The lowest BCUT2D eigenvalue weighted by Crippen LogP contribution is -2.27. The van der Waals surface area contributed by atoms with Crippen molar-refractivity contribution in [1.29, 1.82) is 0 Å². The summed E-state index contributed by atoms with van der Waals surface area (Å²) >= 11 is 0. The average Bonchev–Trinajstić information content (AvgIpc) is 2.57. The summed E-state index contributed by atoms with van der Waals surface area (Å²) in [6.45, 7) is 4.77. The second-order valence-electron chi connectivity index (χ2n) is 4.59. The van der Waals surface area contributed by atoms with Crippen molar-refractivity contribution in [3.05, 3.63) is 0 Å². The summed E-state index contributed by atoms with van der Waals surface area (Å²) in [7, 11) is 0. The van der Waals surface area contributed by atoms with E-state index in [1.807, 2.05) is 0 Å². The van der Waals surface area contributed by atoms with Gasteiger partial charge in [0.25, 0.3) is 0 Å². The minimum absolute atomic E-state index is 0.333. The molecule has 0 aromatic rings. The fraction of sp³-hybridized carbons (Fsp3) is 0.917. The smallest absolute Gasteiger partial charge is 0.303 e. The SMILES string of the molecule is CC1CCCN1CCCCCCC(=O)O. The Bertz CT molecular complexity index is 194. The van der Waals surface area contributed by atoms with Crippen molar-refractivity contribution in [2.75, 3.05) is 13.1 Å². The van der Waals surface area contributed by atoms with Crippen LogP contribution in [0.2, 0.25) is 0 Å². The Hall–Kier alpha value is -0.570. The first-order chi connectivity index (χ1) is 7.20. The summed E-state index contributed by atoms with van der Waals surface area (Å²) in [5, 5.41) is 8.47. The fourth-order valence-corrected chi connectivity index (χ4v) is 2.27. The van der Waals surface area contributed by atoms with Crippen LogP contribution in [0.4, 0.5) is 0 Å². The van der Waals surface area contributed by atoms with Crippen LogP contribution in [0.25, 0.3) is 0 Å². The van der Waals surface area contributed by atoms with E-state index in [2.05, 4.69) is 11.8 Å². The molecule has 1 aliphatic heterocycles. The molecule has 1 atom stereocenters. The zero-order chi connectivity index (χ0) is 11.1. The van der Waals surface area contributed by atoms with Crippen molar-refractivity contribution in [1.82, 2.24) is 4.90 Å². The van der Waals surface area contributed by atoms with Crippen LogP contribution in [0, 0.1) is 0 Å². The zero-order valence-corrected chi connectivity index (χ0v) is 9.74. The maximum Gasteiger partial charge on any atom is 0.303 e. The number of rotatable bonds is 7. The van der Waals surface area contributed by atoms with Gasteiger partial charge < -0.3 is 10.0 Å². The van der Waals surface area contributed by atoms with Gasteiger partial charge in [-0.25, -0.2) is 0 Å². The highest BCUT2D eigenvalue weighted by molar-refractivity contribution is 5.66. The molecule has 3 nitrogen and oxygen atoms in total. The van der Waals surface area contributed by atoms with E-state index < -0.39 is 5.97 Å². The number of likely N-dealkylation sites (tertiary alicyclic amines) is 1. The molecule has 1 saturated heterocycles.